The molecule has 8 nitrogen and oxygen atoms in total. The first-order chi connectivity index (χ1) is 14.0. The highest BCUT2D eigenvalue weighted by atomic mass is 16.5. The summed E-state index contributed by atoms with van der Waals surface area (Å²) in [7, 11) is 4.54. The van der Waals surface area contributed by atoms with E-state index in [4.69, 9.17) is 14.2 Å². The van der Waals surface area contributed by atoms with Crippen LogP contribution in [0.3, 0.4) is 0 Å². The Morgan fingerprint density at radius 3 is 2.48 bits per heavy atom. The molecule has 0 aliphatic heterocycles. The van der Waals surface area contributed by atoms with E-state index in [9.17, 15) is 9.59 Å². The number of amides is 1. The molecule has 1 fully saturated rings. The maximum Gasteiger partial charge on any atom is 0.261 e. The molecule has 150 valence electrons. The standard InChI is InChI=1S/C21H21N3O5/c1-27-16-8-4-12(10-17(16)28-2)22-21(26)14-11-24(13-5-6-13)15-7-9-18(29-3)23-19(15)20(14)25/h4,7-11,13H,5-6H2,1-3H3,(H,22,26). The molecule has 2 heterocycles. The molecule has 1 saturated carbocycles. The largest absolute Gasteiger partial charge is 0.493 e. The van der Waals surface area contributed by atoms with Crippen LogP contribution in [0, 0.1) is 0 Å². The Morgan fingerprint density at radius 2 is 1.83 bits per heavy atom. The molecule has 0 unspecified atom stereocenters. The van der Waals surface area contributed by atoms with Crippen LogP contribution in [-0.2, 0) is 0 Å². The summed E-state index contributed by atoms with van der Waals surface area (Å²) in [5, 5.41) is 2.76. The second-order valence-electron chi connectivity index (χ2n) is 6.76. The van der Waals surface area contributed by atoms with Gasteiger partial charge in [0, 0.05) is 30.1 Å². The SMILES string of the molecule is COc1ccc2c(n1)c(=O)c(C(=O)Nc1ccc(OC)c(OC)c1)cn2C1CC1. The molecule has 3 aromatic rings. The monoisotopic (exact) mass is 395 g/mol. The van der Waals surface area contributed by atoms with Gasteiger partial charge >= 0.3 is 0 Å². The normalized spacial score (nSPS) is 13.2. The van der Waals surface area contributed by atoms with Crippen LogP contribution in [0.5, 0.6) is 17.4 Å². The summed E-state index contributed by atoms with van der Waals surface area (Å²) < 4.78 is 17.6. The number of methoxy groups -OCH3 is 3. The lowest BCUT2D eigenvalue weighted by molar-refractivity contribution is 0.102. The van der Waals surface area contributed by atoms with E-state index in [1.54, 1.807) is 36.5 Å². The van der Waals surface area contributed by atoms with Crippen LogP contribution >= 0.6 is 0 Å². The van der Waals surface area contributed by atoms with Gasteiger partial charge in [-0.25, -0.2) is 4.98 Å². The van der Waals surface area contributed by atoms with Crippen molar-refractivity contribution in [1.29, 1.82) is 0 Å². The number of rotatable bonds is 6. The van der Waals surface area contributed by atoms with Crippen LogP contribution in [0.4, 0.5) is 5.69 Å². The number of nitrogens with zero attached hydrogens (tertiary/aromatic N) is 2. The van der Waals surface area contributed by atoms with Crippen LogP contribution in [0.1, 0.15) is 29.2 Å². The lowest BCUT2D eigenvalue weighted by atomic mass is 10.2. The molecule has 1 aliphatic carbocycles. The first-order valence-corrected chi connectivity index (χ1v) is 9.19. The van der Waals surface area contributed by atoms with Crippen molar-refractivity contribution in [3.63, 3.8) is 0 Å². The molecule has 1 aromatic carbocycles. The van der Waals surface area contributed by atoms with E-state index < -0.39 is 11.3 Å². The van der Waals surface area contributed by atoms with Crippen LogP contribution in [0.2, 0.25) is 0 Å². The predicted molar refractivity (Wildman–Crippen MR) is 108 cm³/mol. The van der Waals surface area contributed by atoms with Crippen molar-refractivity contribution in [2.24, 2.45) is 0 Å². The van der Waals surface area contributed by atoms with E-state index in [-0.39, 0.29) is 17.1 Å². The molecule has 0 atom stereocenters. The minimum atomic E-state index is -0.511. The average molecular weight is 395 g/mol. The number of ether oxygens (including phenoxy) is 3. The average Bonchev–Trinajstić information content (AvgIpc) is 3.58. The number of hydrogen-bond acceptors (Lipinski definition) is 6. The van der Waals surface area contributed by atoms with Gasteiger partial charge in [0.1, 0.15) is 11.1 Å². The second-order valence-corrected chi connectivity index (χ2v) is 6.76. The summed E-state index contributed by atoms with van der Waals surface area (Å²) in [6, 6.07) is 8.78. The predicted octanol–water partition coefficient (Wildman–Crippen LogP) is 3.01. The molecule has 1 N–H and O–H groups in total. The van der Waals surface area contributed by atoms with Crippen LogP contribution in [0.25, 0.3) is 11.0 Å². The van der Waals surface area contributed by atoms with Crippen molar-refractivity contribution < 1.29 is 19.0 Å². The molecule has 1 aliphatic rings. The highest BCUT2D eigenvalue weighted by Gasteiger charge is 2.27. The van der Waals surface area contributed by atoms with Gasteiger partial charge < -0.3 is 24.1 Å². The van der Waals surface area contributed by atoms with Crippen molar-refractivity contribution in [1.82, 2.24) is 9.55 Å². The van der Waals surface area contributed by atoms with E-state index in [2.05, 4.69) is 10.3 Å². The fraction of sp³-hybridized carbons (Fsp3) is 0.286. The van der Waals surface area contributed by atoms with Gasteiger partial charge in [0.2, 0.25) is 11.3 Å². The number of hydrogen-bond donors (Lipinski definition) is 1. The summed E-state index contributed by atoms with van der Waals surface area (Å²) in [6.45, 7) is 0. The maximum absolute atomic E-state index is 13.0. The fourth-order valence-corrected chi connectivity index (χ4v) is 3.25. The number of anilines is 1. The number of aromatic nitrogens is 2. The number of pyridine rings is 2. The number of nitrogens with one attached hydrogen (secondary N) is 1. The van der Waals surface area contributed by atoms with Crippen LogP contribution in [-0.4, -0.2) is 36.8 Å². The minimum Gasteiger partial charge on any atom is -0.493 e. The lowest BCUT2D eigenvalue weighted by Gasteiger charge is -2.14. The zero-order valence-electron chi connectivity index (χ0n) is 16.4. The van der Waals surface area contributed by atoms with Gasteiger partial charge in [-0.3, -0.25) is 9.59 Å². The van der Waals surface area contributed by atoms with Crippen molar-refractivity contribution >= 4 is 22.6 Å². The first kappa shape index (κ1) is 18.8. The van der Waals surface area contributed by atoms with Crippen LogP contribution < -0.4 is 25.0 Å². The molecule has 0 bridgehead atoms. The second kappa shape index (κ2) is 7.46. The summed E-state index contributed by atoms with van der Waals surface area (Å²) >= 11 is 0. The summed E-state index contributed by atoms with van der Waals surface area (Å²) in [4.78, 5) is 30.2. The van der Waals surface area contributed by atoms with Gasteiger partial charge in [-0.1, -0.05) is 0 Å². The molecule has 2 aromatic heterocycles. The Kier molecular flexibility index (Phi) is 4.84. The van der Waals surface area contributed by atoms with Gasteiger partial charge in [0.05, 0.1) is 26.8 Å². The Hall–Kier alpha value is -3.55. The number of carbonyl (C=O) groups is 1. The molecule has 0 radical (unpaired) electrons. The molecular weight excluding hydrogens is 374 g/mol. The maximum atomic E-state index is 13.0. The van der Waals surface area contributed by atoms with Crippen molar-refractivity contribution in [3.05, 3.63) is 52.3 Å². The third-order valence-electron chi connectivity index (χ3n) is 4.89. The van der Waals surface area contributed by atoms with E-state index in [1.165, 1.54) is 21.3 Å². The number of benzene rings is 1. The Morgan fingerprint density at radius 1 is 1.07 bits per heavy atom. The summed E-state index contributed by atoms with van der Waals surface area (Å²) in [6.07, 6.45) is 3.62. The molecule has 0 saturated heterocycles. The summed E-state index contributed by atoms with van der Waals surface area (Å²) in [5.41, 5.74) is 0.995. The fourth-order valence-electron chi connectivity index (χ4n) is 3.25. The third-order valence-corrected chi connectivity index (χ3v) is 4.89. The smallest absolute Gasteiger partial charge is 0.261 e. The van der Waals surface area contributed by atoms with Crippen molar-refractivity contribution in [2.75, 3.05) is 26.6 Å². The van der Waals surface area contributed by atoms with Gasteiger partial charge in [0.25, 0.3) is 5.91 Å². The Balaban J connectivity index is 1.76. The quantitative estimate of drug-likeness (QED) is 0.690. The van der Waals surface area contributed by atoms with E-state index >= 15 is 0 Å². The van der Waals surface area contributed by atoms with Crippen molar-refractivity contribution in [3.8, 4) is 17.4 Å². The van der Waals surface area contributed by atoms with Gasteiger partial charge in [-0.15, -0.1) is 0 Å². The Labute approximate surface area is 167 Å². The molecule has 4 rings (SSSR count). The molecule has 8 heteroatoms. The van der Waals surface area contributed by atoms with E-state index in [0.29, 0.717) is 28.6 Å². The van der Waals surface area contributed by atoms with Crippen molar-refractivity contribution in [2.45, 2.75) is 18.9 Å². The first-order valence-electron chi connectivity index (χ1n) is 9.19. The number of carbonyl (C=O) groups excluding carboxylic acids is 1. The van der Waals surface area contributed by atoms with E-state index in [1.807, 2.05) is 4.57 Å². The molecule has 1 amide bonds. The van der Waals surface area contributed by atoms with Gasteiger partial charge in [0.15, 0.2) is 11.5 Å². The highest BCUT2D eigenvalue weighted by Crippen LogP contribution is 2.37. The highest BCUT2D eigenvalue weighted by molar-refractivity contribution is 6.05. The summed E-state index contributed by atoms with van der Waals surface area (Å²) in [5.74, 6) is 0.840. The van der Waals surface area contributed by atoms with Gasteiger partial charge in [-0.05, 0) is 31.0 Å². The molecular formula is C21H21N3O5. The topological polar surface area (TPSA) is 91.7 Å². The van der Waals surface area contributed by atoms with Gasteiger partial charge in [-0.2, -0.15) is 0 Å². The third kappa shape index (κ3) is 3.49. The molecule has 0 spiro atoms. The number of fused-ring (bicyclic) bond motifs is 1. The van der Waals surface area contributed by atoms with Crippen LogP contribution in [0.15, 0.2) is 41.3 Å². The zero-order valence-corrected chi connectivity index (χ0v) is 16.4. The van der Waals surface area contributed by atoms with E-state index in [0.717, 1.165) is 12.8 Å². The molecule has 29 heavy (non-hydrogen) atoms. The Bertz CT molecular complexity index is 1150. The minimum absolute atomic E-state index is 0.0277. The lowest BCUT2D eigenvalue weighted by Crippen LogP contribution is -2.24. The zero-order chi connectivity index (χ0) is 20.5.